The van der Waals surface area contributed by atoms with Gasteiger partial charge in [-0.05, 0) is 42.7 Å². The number of rotatable bonds is 6. The highest BCUT2D eigenvalue weighted by Gasteiger charge is 2.13. The molecule has 0 saturated carbocycles. The molecule has 5 heteroatoms. The van der Waals surface area contributed by atoms with E-state index in [1.54, 1.807) is 19.4 Å². The van der Waals surface area contributed by atoms with Crippen molar-refractivity contribution in [1.82, 2.24) is 10.3 Å². The summed E-state index contributed by atoms with van der Waals surface area (Å²) in [5.41, 5.74) is 1.93. The van der Waals surface area contributed by atoms with Crippen molar-refractivity contribution in [2.45, 2.75) is 19.4 Å². The zero-order valence-electron chi connectivity index (χ0n) is 14.4. The minimum atomic E-state index is -0.134. The molecule has 1 N–H and O–H groups in total. The molecular formula is C20H23N3O2. The van der Waals surface area contributed by atoms with E-state index < -0.39 is 0 Å². The summed E-state index contributed by atoms with van der Waals surface area (Å²) in [5.74, 6) is 1.61. The van der Waals surface area contributed by atoms with Crippen LogP contribution >= 0.6 is 0 Å². The first-order valence-corrected chi connectivity index (χ1v) is 8.55. The van der Waals surface area contributed by atoms with Crippen LogP contribution in [0.2, 0.25) is 0 Å². The largest absolute Gasteiger partial charge is 0.496 e. The summed E-state index contributed by atoms with van der Waals surface area (Å²) >= 11 is 0. The van der Waals surface area contributed by atoms with E-state index in [0.717, 1.165) is 35.8 Å². The standard InChI is InChI=1S/C20H23N3O2/c1-25-18-7-3-2-6-17(18)8-9-20(24)22-15-16-10-11-21-19(14-16)23-12-4-5-13-23/h2-3,6-11,14H,4-5,12-13,15H2,1H3,(H,22,24)/b9-8+. The van der Waals surface area contributed by atoms with Crippen LogP contribution in [-0.2, 0) is 11.3 Å². The molecule has 1 aromatic heterocycles. The number of hydrogen-bond donors (Lipinski definition) is 1. The molecule has 0 aliphatic carbocycles. The Kier molecular flexibility index (Phi) is 5.67. The third kappa shape index (κ3) is 4.59. The van der Waals surface area contributed by atoms with Gasteiger partial charge in [-0.15, -0.1) is 0 Å². The molecule has 1 fully saturated rings. The van der Waals surface area contributed by atoms with Gasteiger partial charge in [0.1, 0.15) is 11.6 Å². The number of nitrogens with one attached hydrogen (secondary N) is 1. The van der Waals surface area contributed by atoms with Gasteiger partial charge in [-0.25, -0.2) is 4.98 Å². The predicted molar refractivity (Wildman–Crippen MR) is 99.6 cm³/mol. The van der Waals surface area contributed by atoms with Crippen molar-refractivity contribution in [3.63, 3.8) is 0 Å². The van der Waals surface area contributed by atoms with E-state index in [0.29, 0.717) is 6.54 Å². The fourth-order valence-electron chi connectivity index (χ4n) is 2.91. The van der Waals surface area contributed by atoms with E-state index in [-0.39, 0.29) is 5.91 Å². The van der Waals surface area contributed by atoms with Gasteiger partial charge >= 0.3 is 0 Å². The van der Waals surface area contributed by atoms with Crippen LogP contribution in [0.15, 0.2) is 48.7 Å². The van der Waals surface area contributed by atoms with Gasteiger partial charge in [0.25, 0.3) is 0 Å². The summed E-state index contributed by atoms with van der Waals surface area (Å²) in [7, 11) is 1.62. The average molecular weight is 337 g/mol. The molecule has 1 aliphatic rings. The number of carbonyl (C=O) groups is 1. The van der Waals surface area contributed by atoms with Crippen molar-refractivity contribution in [2.24, 2.45) is 0 Å². The number of nitrogens with zero attached hydrogens (tertiary/aromatic N) is 2. The lowest BCUT2D eigenvalue weighted by molar-refractivity contribution is -0.116. The molecule has 25 heavy (non-hydrogen) atoms. The second kappa shape index (κ2) is 8.33. The minimum absolute atomic E-state index is 0.134. The van der Waals surface area contributed by atoms with Crippen LogP contribution in [-0.4, -0.2) is 31.1 Å². The van der Waals surface area contributed by atoms with Crippen LogP contribution in [0.3, 0.4) is 0 Å². The molecule has 0 radical (unpaired) electrons. The lowest BCUT2D eigenvalue weighted by atomic mass is 10.2. The lowest BCUT2D eigenvalue weighted by Gasteiger charge is -2.16. The van der Waals surface area contributed by atoms with E-state index in [4.69, 9.17) is 4.74 Å². The molecule has 1 saturated heterocycles. The molecule has 1 aromatic carbocycles. The van der Waals surface area contributed by atoms with Gasteiger partial charge < -0.3 is 15.0 Å². The molecule has 0 atom stereocenters. The number of pyridine rings is 1. The molecule has 0 spiro atoms. The van der Waals surface area contributed by atoms with Gasteiger partial charge in [-0.1, -0.05) is 18.2 Å². The van der Waals surface area contributed by atoms with Crippen LogP contribution < -0.4 is 15.0 Å². The lowest BCUT2D eigenvalue weighted by Crippen LogP contribution is -2.22. The van der Waals surface area contributed by atoms with Crippen LogP contribution in [0.25, 0.3) is 6.08 Å². The summed E-state index contributed by atoms with van der Waals surface area (Å²) in [6.45, 7) is 2.60. The maximum absolute atomic E-state index is 12.1. The van der Waals surface area contributed by atoms with Crippen molar-refractivity contribution in [3.05, 3.63) is 59.8 Å². The number of amides is 1. The molecule has 5 nitrogen and oxygen atoms in total. The van der Waals surface area contributed by atoms with Crippen LogP contribution in [0.1, 0.15) is 24.0 Å². The highest BCUT2D eigenvalue weighted by atomic mass is 16.5. The maximum Gasteiger partial charge on any atom is 0.244 e. The number of ether oxygens (including phenoxy) is 1. The first-order valence-electron chi connectivity index (χ1n) is 8.55. The van der Waals surface area contributed by atoms with Gasteiger partial charge in [-0.3, -0.25) is 4.79 Å². The fraction of sp³-hybridized carbons (Fsp3) is 0.300. The summed E-state index contributed by atoms with van der Waals surface area (Å²) in [6.07, 6.45) is 7.53. The molecule has 130 valence electrons. The van der Waals surface area contributed by atoms with Gasteiger partial charge in [0.15, 0.2) is 0 Å². The van der Waals surface area contributed by atoms with Crippen LogP contribution in [0, 0.1) is 0 Å². The summed E-state index contributed by atoms with van der Waals surface area (Å²) in [6, 6.07) is 11.6. The topological polar surface area (TPSA) is 54.5 Å². The first kappa shape index (κ1) is 17.0. The Hall–Kier alpha value is -2.82. The molecule has 0 bridgehead atoms. The Morgan fingerprint density at radius 3 is 2.88 bits per heavy atom. The smallest absolute Gasteiger partial charge is 0.244 e. The van der Waals surface area contributed by atoms with E-state index in [1.807, 2.05) is 30.3 Å². The molecule has 1 aliphatic heterocycles. The SMILES string of the molecule is COc1ccccc1/C=C/C(=O)NCc1ccnc(N2CCCC2)c1. The van der Waals surface area contributed by atoms with Crippen molar-refractivity contribution < 1.29 is 9.53 Å². The summed E-state index contributed by atoms with van der Waals surface area (Å²) in [4.78, 5) is 18.8. The summed E-state index contributed by atoms with van der Waals surface area (Å²) in [5, 5.41) is 2.91. The van der Waals surface area contributed by atoms with Gasteiger partial charge in [0.2, 0.25) is 5.91 Å². The normalized spacial score (nSPS) is 14.0. The molecule has 0 unspecified atom stereocenters. The predicted octanol–water partition coefficient (Wildman–Crippen LogP) is 3.02. The number of benzene rings is 1. The van der Waals surface area contributed by atoms with Gasteiger partial charge in [0, 0.05) is 37.5 Å². The Labute approximate surface area is 148 Å². The zero-order valence-corrected chi connectivity index (χ0v) is 14.4. The zero-order chi connectivity index (χ0) is 17.5. The van der Waals surface area contributed by atoms with E-state index >= 15 is 0 Å². The van der Waals surface area contributed by atoms with E-state index in [2.05, 4.69) is 21.3 Å². The minimum Gasteiger partial charge on any atom is -0.496 e. The second-order valence-corrected chi connectivity index (χ2v) is 6.01. The number of carbonyl (C=O) groups excluding carboxylic acids is 1. The van der Waals surface area contributed by atoms with Gasteiger partial charge in [-0.2, -0.15) is 0 Å². The molecule has 3 rings (SSSR count). The number of aromatic nitrogens is 1. The highest BCUT2D eigenvalue weighted by molar-refractivity contribution is 5.92. The fourth-order valence-corrected chi connectivity index (χ4v) is 2.91. The second-order valence-electron chi connectivity index (χ2n) is 6.01. The van der Waals surface area contributed by atoms with Crippen molar-refractivity contribution in [2.75, 3.05) is 25.1 Å². The van der Waals surface area contributed by atoms with Crippen LogP contribution in [0.4, 0.5) is 5.82 Å². The van der Waals surface area contributed by atoms with E-state index in [9.17, 15) is 4.79 Å². The molecule has 2 aromatic rings. The highest BCUT2D eigenvalue weighted by Crippen LogP contribution is 2.19. The quantitative estimate of drug-likeness (QED) is 0.823. The van der Waals surface area contributed by atoms with Crippen LogP contribution in [0.5, 0.6) is 5.75 Å². The van der Waals surface area contributed by atoms with Crippen molar-refractivity contribution in [1.29, 1.82) is 0 Å². The molecule has 2 heterocycles. The van der Waals surface area contributed by atoms with Crippen molar-refractivity contribution in [3.8, 4) is 5.75 Å². The Morgan fingerprint density at radius 1 is 1.28 bits per heavy atom. The Bertz CT molecular complexity index is 752. The average Bonchev–Trinajstić information content (AvgIpc) is 3.20. The summed E-state index contributed by atoms with van der Waals surface area (Å²) < 4.78 is 5.27. The number of anilines is 1. The number of para-hydroxylation sites is 1. The number of methoxy groups -OCH3 is 1. The van der Waals surface area contributed by atoms with Crippen molar-refractivity contribution >= 4 is 17.8 Å². The Balaban J connectivity index is 1.57. The molecular weight excluding hydrogens is 314 g/mol. The maximum atomic E-state index is 12.1. The number of hydrogen-bond acceptors (Lipinski definition) is 4. The van der Waals surface area contributed by atoms with E-state index in [1.165, 1.54) is 18.9 Å². The Morgan fingerprint density at radius 2 is 2.08 bits per heavy atom. The monoisotopic (exact) mass is 337 g/mol. The third-order valence-corrected chi connectivity index (χ3v) is 4.26. The first-order chi connectivity index (χ1) is 12.3. The van der Waals surface area contributed by atoms with Gasteiger partial charge in [0.05, 0.1) is 7.11 Å². The molecule has 1 amide bonds. The third-order valence-electron chi connectivity index (χ3n) is 4.26.